The van der Waals surface area contributed by atoms with E-state index in [1.165, 1.54) is 36.1 Å². The second-order valence-electron chi connectivity index (χ2n) is 9.14. The Labute approximate surface area is 223 Å². The molecule has 208 valence electrons. The molecule has 0 saturated carbocycles. The fourth-order valence-electron chi connectivity index (χ4n) is 3.96. The molecule has 0 aliphatic carbocycles. The molecule has 1 aliphatic rings. The SMILES string of the molecule is C=C(Nc1ccc(C(=O)N(C)C)cc1F)c1c(F)cn(C2CCN(/C(N)=N/O)CC2)c1/N=C\C.CCCC. The number of aliphatic imine (C=N–C) groups is 1. The van der Waals surface area contributed by atoms with E-state index in [1.54, 1.807) is 36.7 Å². The molecule has 1 aromatic carbocycles. The molecule has 1 amide bonds. The van der Waals surface area contributed by atoms with Crippen LogP contribution in [0.1, 0.15) is 68.4 Å². The third kappa shape index (κ3) is 7.33. The molecule has 0 spiro atoms. The van der Waals surface area contributed by atoms with Crippen molar-refractivity contribution in [2.45, 2.75) is 52.5 Å². The summed E-state index contributed by atoms with van der Waals surface area (Å²) in [6, 6.07) is 3.96. The molecule has 11 heteroatoms. The van der Waals surface area contributed by atoms with Gasteiger partial charge >= 0.3 is 0 Å². The van der Waals surface area contributed by atoms with Crippen molar-refractivity contribution >= 4 is 35.3 Å². The molecule has 2 heterocycles. The topological polar surface area (TPSA) is 111 Å². The summed E-state index contributed by atoms with van der Waals surface area (Å²) in [6.45, 7) is 11.1. The van der Waals surface area contributed by atoms with Crippen LogP contribution in [0.3, 0.4) is 0 Å². The Balaban J connectivity index is 0.00000118. The predicted molar refractivity (Wildman–Crippen MR) is 149 cm³/mol. The Kier molecular flexibility index (Phi) is 11.3. The number of unbranched alkanes of at least 4 members (excludes halogenated alkanes) is 1. The Hall–Kier alpha value is -3.89. The van der Waals surface area contributed by atoms with Gasteiger partial charge in [-0.05, 0) is 38.0 Å². The molecule has 0 unspecified atom stereocenters. The number of carbonyl (C=O) groups excluding carboxylic acids is 1. The van der Waals surface area contributed by atoms with E-state index in [1.807, 2.05) is 0 Å². The van der Waals surface area contributed by atoms with Gasteiger partial charge in [0, 0.05) is 56.9 Å². The van der Waals surface area contributed by atoms with Gasteiger partial charge in [0.1, 0.15) is 11.6 Å². The number of anilines is 1. The van der Waals surface area contributed by atoms with Gasteiger partial charge in [-0.2, -0.15) is 0 Å². The Morgan fingerprint density at radius 2 is 1.87 bits per heavy atom. The molecule has 0 radical (unpaired) electrons. The highest BCUT2D eigenvalue weighted by Gasteiger charge is 2.27. The smallest absolute Gasteiger partial charge is 0.253 e. The highest BCUT2D eigenvalue weighted by atomic mass is 19.1. The van der Waals surface area contributed by atoms with Gasteiger partial charge in [0.05, 0.1) is 11.3 Å². The van der Waals surface area contributed by atoms with Crippen molar-refractivity contribution in [2.24, 2.45) is 15.9 Å². The van der Waals surface area contributed by atoms with Crippen molar-refractivity contribution in [3.63, 3.8) is 0 Å². The van der Waals surface area contributed by atoms with Gasteiger partial charge in [-0.1, -0.05) is 38.4 Å². The Bertz CT molecular complexity index is 1160. The number of hydrogen-bond donors (Lipinski definition) is 3. The van der Waals surface area contributed by atoms with Crippen molar-refractivity contribution < 1.29 is 18.8 Å². The number of piperidine rings is 1. The summed E-state index contributed by atoms with van der Waals surface area (Å²) in [5.74, 6) is -1.13. The van der Waals surface area contributed by atoms with Gasteiger partial charge in [0.25, 0.3) is 5.91 Å². The highest BCUT2D eigenvalue weighted by Crippen LogP contribution is 2.36. The number of oxime groups is 1. The van der Waals surface area contributed by atoms with E-state index < -0.39 is 11.6 Å². The lowest BCUT2D eigenvalue weighted by atomic mass is 10.1. The quantitative estimate of drug-likeness (QED) is 0.191. The first-order chi connectivity index (χ1) is 18.1. The van der Waals surface area contributed by atoms with E-state index >= 15 is 4.39 Å². The van der Waals surface area contributed by atoms with Crippen LogP contribution >= 0.6 is 0 Å². The molecular weight excluding hydrogens is 492 g/mol. The molecule has 38 heavy (non-hydrogen) atoms. The van der Waals surface area contributed by atoms with Crippen molar-refractivity contribution in [1.82, 2.24) is 14.4 Å². The number of carbonyl (C=O) groups is 1. The van der Waals surface area contributed by atoms with E-state index in [4.69, 9.17) is 10.9 Å². The van der Waals surface area contributed by atoms with Crippen LogP contribution in [-0.4, -0.2) is 64.8 Å². The first-order valence-corrected chi connectivity index (χ1v) is 12.7. The van der Waals surface area contributed by atoms with E-state index in [0.29, 0.717) is 31.7 Å². The molecule has 9 nitrogen and oxygen atoms in total. The number of aromatic nitrogens is 1. The second-order valence-corrected chi connectivity index (χ2v) is 9.14. The van der Waals surface area contributed by atoms with E-state index in [0.717, 1.165) is 6.07 Å². The van der Waals surface area contributed by atoms with Gasteiger partial charge in [-0.25, -0.2) is 13.8 Å². The number of rotatable bonds is 7. The Morgan fingerprint density at radius 3 is 2.37 bits per heavy atom. The minimum atomic E-state index is -0.662. The number of nitrogens with two attached hydrogens (primary N) is 1. The molecule has 1 saturated heterocycles. The normalized spacial score (nSPS) is 14.3. The molecule has 4 N–H and O–H groups in total. The van der Waals surface area contributed by atoms with Crippen LogP contribution in [0.5, 0.6) is 0 Å². The number of guanidine groups is 1. The zero-order valence-corrected chi connectivity index (χ0v) is 22.8. The molecule has 3 rings (SSSR count). The maximum absolute atomic E-state index is 15.1. The molecule has 0 atom stereocenters. The summed E-state index contributed by atoms with van der Waals surface area (Å²) >= 11 is 0. The first-order valence-electron chi connectivity index (χ1n) is 12.7. The number of likely N-dealkylation sites (tertiary alicyclic amines) is 1. The Morgan fingerprint density at radius 1 is 1.24 bits per heavy atom. The van der Waals surface area contributed by atoms with Gasteiger partial charge in [-0.15, -0.1) is 0 Å². The lowest BCUT2D eigenvalue weighted by Gasteiger charge is -2.33. The van der Waals surface area contributed by atoms with Crippen LogP contribution in [-0.2, 0) is 0 Å². The van der Waals surface area contributed by atoms with E-state index in [2.05, 4.69) is 35.9 Å². The van der Waals surface area contributed by atoms with Crippen LogP contribution in [0.25, 0.3) is 5.70 Å². The summed E-state index contributed by atoms with van der Waals surface area (Å²) in [5, 5.41) is 14.7. The summed E-state index contributed by atoms with van der Waals surface area (Å²) in [6.07, 6.45) is 6.82. The third-order valence-corrected chi connectivity index (χ3v) is 6.20. The highest BCUT2D eigenvalue weighted by molar-refractivity contribution is 5.94. The standard InChI is InChI=1S/C23H29F2N7O2.C4H10/c1-5-27-21-20(14(2)28-19-7-6-15(12-17(19)24)22(33)30(3)4)18(25)13-32(21)16-8-10-31(11-9-16)23(26)29-34;1-3-4-2/h5-7,12-13,16,28,34H,2,8-11H2,1,3-4H3,(H2,26,29);3-4H2,1-2H3/b27-5-;. The van der Waals surface area contributed by atoms with Crippen LogP contribution in [0, 0.1) is 11.6 Å². The maximum atomic E-state index is 15.1. The van der Waals surface area contributed by atoms with E-state index in [-0.39, 0.29) is 40.4 Å². The van der Waals surface area contributed by atoms with Crippen molar-refractivity contribution in [1.29, 1.82) is 0 Å². The van der Waals surface area contributed by atoms with Gasteiger partial charge in [-0.3, -0.25) is 4.79 Å². The fourth-order valence-corrected chi connectivity index (χ4v) is 3.96. The molecule has 1 aliphatic heterocycles. The first kappa shape index (κ1) is 30.3. The summed E-state index contributed by atoms with van der Waals surface area (Å²) in [7, 11) is 3.16. The van der Waals surface area contributed by atoms with Crippen molar-refractivity contribution in [2.75, 3.05) is 32.5 Å². The lowest BCUT2D eigenvalue weighted by molar-refractivity contribution is 0.0827. The number of nitrogens with one attached hydrogen (secondary N) is 1. The second kappa shape index (κ2) is 14.2. The van der Waals surface area contributed by atoms with Crippen LogP contribution in [0.4, 0.5) is 20.3 Å². The fraction of sp³-hybridized carbons (Fsp3) is 0.444. The predicted octanol–water partition coefficient (Wildman–Crippen LogP) is 5.42. The van der Waals surface area contributed by atoms with Crippen molar-refractivity contribution in [3.05, 3.63) is 53.7 Å². The third-order valence-electron chi connectivity index (χ3n) is 6.20. The zero-order valence-electron chi connectivity index (χ0n) is 22.8. The number of halogens is 2. The van der Waals surface area contributed by atoms with Crippen LogP contribution < -0.4 is 11.1 Å². The lowest BCUT2D eigenvalue weighted by Crippen LogP contribution is -2.43. The summed E-state index contributed by atoms with van der Waals surface area (Å²) in [5.41, 5.74) is 6.19. The minimum Gasteiger partial charge on any atom is -0.408 e. The van der Waals surface area contributed by atoms with Crippen molar-refractivity contribution in [3.8, 4) is 0 Å². The molecular formula is C27H39F2N7O2. The summed E-state index contributed by atoms with van der Waals surface area (Å²) in [4.78, 5) is 19.5. The number of amides is 1. The van der Waals surface area contributed by atoms with Gasteiger partial charge in [0.2, 0.25) is 5.96 Å². The van der Waals surface area contributed by atoms with Crippen LogP contribution in [0.15, 0.2) is 41.1 Å². The largest absolute Gasteiger partial charge is 0.408 e. The van der Waals surface area contributed by atoms with Crippen LogP contribution in [0.2, 0.25) is 0 Å². The minimum absolute atomic E-state index is 0.0440. The number of hydrogen-bond acceptors (Lipinski definition) is 5. The molecule has 2 aromatic rings. The van der Waals surface area contributed by atoms with Gasteiger partial charge in [0.15, 0.2) is 5.82 Å². The van der Waals surface area contributed by atoms with Gasteiger partial charge < -0.3 is 30.6 Å². The monoisotopic (exact) mass is 531 g/mol. The number of nitrogens with zero attached hydrogens (tertiary/aromatic N) is 5. The van der Waals surface area contributed by atoms with E-state index in [9.17, 15) is 9.18 Å². The molecule has 1 fully saturated rings. The maximum Gasteiger partial charge on any atom is 0.253 e. The molecule has 0 bridgehead atoms. The number of benzene rings is 1. The summed E-state index contributed by atoms with van der Waals surface area (Å²) < 4.78 is 31.5. The average molecular weight is 532 g/mol. The molecule has 1 aromatic heterocycles. The average Bonchev–Trinajstić information content (AvgIpc) is 3.24. The zero-order chi connectivity index (χ0) is 28.4.